The molecule has 0 aromatic rings. The molecule has 0 radical (unpaired) electrons. The van der Waals surface area contributed by atoms with Crippen LogP contribution in [0.5, 0.6) is 0 Å². The first-order chi connectivity index (χ1) is 22.4. The molecule has 1 amide bonds. The zero-order chi connectivity index (χ0) is 38.7. The van der Waals surface area contributed by atoms with E-state index in [4.69, 9.17) is 11.4 Å². The fourth-order valence-corrected chi connectivity index (χ4v) is 4.45. The quantitative estimate of drug-likeness (QED) is 0.0935. The van der Waals surface area contributed by atoms with Crippen molar-refractivity contribution in [2.45, 2.75) is 111 Å². The number of amides is 1. The average Bonchev–Trinajstić information content (AvgIpc) is 3.01. The van der Waals surface area contributed by atoms with E-state index >= 15 is 0 Å². The summed E-state index contributed by atoms with van der Waals surface area (Å²) >= 11 is 6.05. The van der Waals surface area contributed by atoms with Gasteiger partial charge in [0.1, 0.15) is 5.78 Å². The molecule has 0 aliphatic heterocycles. The molecule has 0 bridgehead atoms. The van der Waals surface area contributed by atoms with Gasteiger partial charge in [0.15, 0.2) is 5.78 Å². The predicted molar refractivity (Wildman–Crippen MR) is 193 cm³/mol. The van der Waals surface area contributed by atoms with E-state index in [0.717, 1.165) is 19.3 Å². The van der Waals surface area contributed by atoms with Gasteiger partial charge in [0.2, 0.25) is 5.91 Å². The number of rotatable bonds is 20. The molecule has 0 aromatic carbocycles. The molecule has 282 valence electrons. The third-order valence-corrected chi connectivity index (χ3v) is 6.76. The van der Waals surface area contributed by atoms with E-state index in [-0.39, 0.29) is 93.3 Å². The predicted octanol–water partition coefficient (Wildman–Crippen LogP) is 2.76. The van der Waals surface area contributed by atoms with Gasteiger partial charge in [0.25, 0.3) is 0 Å². The van der Waals surface area contributed by atoms with Crippen molar-refractivity contribution in [1.82, 2.24) is 5.32 Å². The minimum absolute atomic E-state index is 0.0197. The number of halogens is 3. The number of carboxylic acids is 1. The number of ketones is 2. The van der Waals surface area contributed by atoms with Gasteiger partial charge in [-0.05, 0) is 49.4 Å². The number of nitrogens with two attached hydrogens (primary N) is 1. The summed E-state index contributed by atoms with van der Waals surface area (Å²) < 4.78 is 15.4. The van der Waals surface area contributed by atoms with Crippen LogP contribution in [0, 0.1) is 23.7 Å². The van der Waals surface area contributed by atoms with E-state index in [2.05, 4.69) is 60.5 Å². The Hall–Kier alpha value is -1.13. The molecule has 3 atom stereocenters. The Morgan fingerprint density at radius 3 is 1.55 bits per heavy atom. The zero-order valence-corrected chi connectivity index (χ0v) is 35.6. The maximum atomic E-state index is 11.6. The summed E-state index contributed by atoms with van der Waals surface area (Å²) in [5, 5.41) is 11.5. The SMILES string of the molecule is CC.CC(C)C[C@H](CCC(=O)CNC(=O)CBr)CC(=O)O.COC(=O)CC(C)Br.COC(=O)C[C@@H](CCC(=O)CN)CC(C)C.[2H][I-]C. The van der Waals surface area contributed by atoms with Crippen molar-refractivity contribution >= 4 is 67.2 Å². The first-order valence-corrected chi connectivity index (χ1v) is 20.1. The van der Waals surface area contributed by atoms with Crippen LogP contribution in [0.3, 0.4) is 0 Å². The van der Waals surface area contributed by atoms with E-state index < -0.39 is 5.97 Å². The molecule has 4 N–H and O–H groups in total. The van der Waals surface area contributed by atoms with E-state index in [1.165, 1.54) is 14.2 Å². The minimum atomic E-state index is -0.828. The van der Waals surface area contributed by atoms with Crippen LogP contribution in [-0.4, -0.2) is 83.5 Å². The Morgan fingerprint density at radius 1 is 0.830 bits per heavy atom. The standard InChI is InChI=1S/C13H22BrNO4.C12H23NO3.C5H9BrO2.C2H6.CH4I/c1-9(2)5-10(6-13(18)19)3-4-11(16)8-15-12(17)7-14;1-9(2)6-10(7-12(15)16-3)4-5-11(14)8-13;1-4(6)3-5(7)8-2;2*1-2/h9-10H,3-8H2,1-2H3,(H,15,17)(H,18,19);9-10H,4-8,13H2,1-3H3;4H,3H2,1-2H3;1-2H3;2H,1H3/q;;;;-1/t2*10-;;;/m00.../s1/i;;;;2D. The third kappa shape index (κ3) is 47.0. The summed E-state index contributed by atoms with van der Waals surface area (Å²) in [6.45, 7) is 14.3. The van der Waals surface area contributed by atoms with Crippen molar-refractivity contribution in [1.29, 1.82) is 0.594 Å². The molecule has 0 aliphatic rings. The van der Waals surface area contributed by atoms with Crippen LogP contribution in [0.15, 0.2) is 0 Å². The van der Waals surface area contributed by atoms with E-state index in [9.17, 15) is 28.8 Å². The Bertz CT molecular complexity index is 852. The van der Waals surface area contributed by atoms with Gasteiger partial charge < -0.3 is 25.6 Å². The van der Waals surface area contributed by atoms with Gasteiger partial charge in [-0.3, -0.25) is 28.8 Å². The van der Waals surface area contributed by atoms with Crippen LogP contribution in [0.4, 0.5) is 0 Å². The molecule has 0 aliphatic carbocycles. The van der Waals surface area contributed by atoms with Gasteiger partial charge in [0.05, 0.1) is 39.1 Å². The fourth-order valence-electron chi connectivity index (χ4n) is 3.98. The summed E-state index contributed by atoms with van der Waals surface area (Å²) in [5.41, 5.74) is 5.25. The van der Waals surface area contributed by atoms with Gasteiger partial charge in [-0.15, -0.1) is 0 Å². The number of carboxylic acid groups (broad SMARTS) is 1. The second-order valence-corrected chi connectivity index (χ2v) is 13.3. The monoisotopic (exact) mass is 918 g/mol. The molecular formula is C33H64Br2IN2O9-. The number of alkyl halides is 3. The molecule has 11 nitrogen and oxygen atoms in total. The Kier molecular flexibility index (Phi) is 44.1. The van der Waals surface area contributed by atoms with Crippen molar-refractivity contribution in [3.8, 4) is 0 Å². The summed E-state index contributed by atoms with van der Waals surface area (Å²) in [6.07, 6.45) is 4.73. The van der Waals surface area contributed by atoms with Gasteiger partial charge in [-0.1, -0.05) is 80.3 Å². The zero-order valence-electron chi connectivity index (χ0n) is 31.3. The summed E-state index contributed by atoms with van der Waals surface area (Å²) in [7, 11) is 2.78. The van der Waals surface area contributed by atoms with Gasteiger partial charge >= 0.3 is 45.8 Å². The summed E-state index contributed by atoms with van der Waals surface area (Å²) in [6, 6.07) is 0. The fraction of sp³-hybridized carbons (Fsp3) is 0.818. The number of nitrogens with one attached hydrogen (secondary N) is 1. The second-order valence-electron chi connectivity index (χ2n) is 11.2. The van der Waals surface area contributed by atoms with Crippen LogP contribution < -0.4 is 33.4 Å². The van der Waals surface area contributed by atoms with Crippen molar-refractivity contribution < 1.29 is 65.7 Å². The normalized spacial score (nSPS) is 12.0. The van der Waals surface area contributed by atoms with Crippen molar-refractivity contribution in [3.63, 3.8) is 0 Å². The maximum absolute atomic E-state index is 11.6. The van der Waals surface area contributed by atoms with E-state index in [0.29, 0.717) is 43.9 Å². The number of carbonyl (C=O) groups excluding carboxylic acids is 5. The molecular weight excluding hydrogens is 855 g/mol. The Balaban J connectivity index is -0.000000191. The molecule has 0 fully saturated rings. The van der Waals surface area contributed by atoms with Crippen molar-refractivity contribution in [2.75, 3.05) is 37.6 Å². The molecule has 0 saturated heterocycles. The van der Waals surface area contributed by atoms with Crippen LogP contribution in [0.1, 0.15) is 106 Å². The molecule has 0 spiro atoms. The van der Waals surface area contributed by atoms with Gasteiger partial charge in [0, 0.05) is 30.5 Å². The number of Topliss-reactive ketones (excluding diaryl/α,β-unsaturated/α-hetero) is 2. The number of methoxy groups -OCH3 is 2. The number of aliphatic carboxylic acids is 1. The number of hydrogen-bond acceptors (Lipinski definition) is 9. The molecule has 47 heavy (non-hydrogen) atoms. The molecule has 0 saturated carbocycles. The van der Waals surface area contributed by atoms with E-state index in [1.807, 2.05) is 39.5 Å². The van der Waals surface area contributed by atoms with Crippen molar-refractivity contribution in [2.24, 2.45) is 29.4 Å². The van der Waals surface area contributed by atoms with Crippen LogP contribution in [0.25, 0.3) is 0 Å². The first-order valence-electron chi connectivity index (χ1n) is 16.3. The molecule has 1 unspecified atom stereocenters. The molecule has 14 heteroatoms. The summed E-state index contributed by atoms with van der Waals surface area (Å²) in [5.74, 6) is -0.262. The first kappa shape index (κ1) is 52.7. The number of esters is 2. The Morgan fingerprint density at radius 2 is 1.23 bits per heavy atom. The van der Waals surface area contributed by atoms with Crippen LogP contribution >= 0.6 is 31.9 Å². The second kappa shape index (κ2) is 39.3. The third-order valence-electron chi connectivity index (χ3n) is 5.93. The van der Waals surface area contributed by atoms with Crippen LogP contribution in [-0.2, 0) is 38.2 Å². The average molecular weight is 921 g/mol. The number of hydrogen-bond donors (Lipinski definition) is 3. The van der Waals surface area contributed by atoms with Crippen molar-refractivity contribution in [3.05, 3.63) is 0 Å². The molecule has 0 aromatic heterocycles. The number of carbonyl (C=O) groups is 6. The van der Waals surface area contributed by atoms with Gasteiger partial charge in [-0.2, -0.15) is 0 Å². The molecule has 0 rings (SSSR count). The Labute approximate surface area is 315 Å². The number of ether oxygens (including phenoxy) is 2. The van der Waals surface area contributed by atoms with Gasteiger partial charge in [-0.25, -0.2) is 0 Å². The summed E-state index contributed by atoms with van der Waals surface area (Å²) in [4.78, 5) is 68.1. The van der Waals surface area contributed by atoms with E-state index in [1.54, 1.807) is 0 Å². The molecule has 0 heterocycles. The topological polar surface area (TPSA) is 179 Å². The van der Waals surface area contributed by atoms with Crippen LogP contribution in [0.2, 0.25) is 0 Å².